The van der Waals surface area contributed by atoms with Gasteiger partial charge in [0.2, 0.25) is 0 Å². The fraction of sp³-hybridized carbons (Fsp3) is 0.364. The molecule has 0 saturated carbocycles. The average molecular weight is 224 g/mol. The molecule has 1 heterocycles. The highest BCUT2D eigenvalue weighted by molar-refractivity contribution is 7.98. The van der Waals surface area contributed by atoms with Gasteiger partial charge in [-0.2, -0.15) is 11.8 Å². The van der Waals surface area contributed by atoms with E-state index in [4.69, 9.17) is 0 Å². The normalized spacial score (nSPS) is 15.2. The van der Waals surface area contributed by atoms with Crippen LogP contribution >= 0.6 is 11.8 Å². The van der Waals surface area contributed by atoms with Gasteiger partial charge in [-0.05, 0) is 24.8 Å². The van der Waals surface area contributed by atoms with Crippen LogP contribution in [0.25, 0.3) is 0 Å². The Morgan fingerprint density at radius 3 is 3.00 bits per heavy atom. The molecular formula is C11H16N2OS. The summed E-state index contributed by atoms with van der Waals surface area (Å²) >= 11 is 1.71. The molecule has 0 saturated heterocycles. The monoisotopic (exact) mass is 224 g/mol. The van der Waals surface area contributed by atoms with Gasteiger partial charge < -0.3 is 10.6 Å². The smallest absolute Gasteiger partial charge is 0.252 e. The van der Waals surface area contributed by atoms with Crippen molar-refractivity contribution in [2.75, 3.05) is 18.6 Å². The number of allylic oxidation sites excluding steroid dienone is 1. The van der Waals surface area contributed by atoms with Gasteiger partial charge in [0.25, 0.3) is 5.91 Å². The van der Waals surface area contributed by atoms with Gasteiger partial charge in [0.1, 0.15) is 0 Å². The molecule has 2 N–H and O–H groups in total. The third-order valence-corrected chi connectivity index (χ3v) is 2.72. The van der Waals surface area contributed by atoms with Gasteiger partial charge in [-0.25, -0.2) is 0 Å². The molecule has 0 fully saturated rings. The van der Waals surface area contributed by atoms with Crippen molar-refractivity contribution in [2.24, 2.45) is 0 Å². The molecule has 3 nitrogen and oxygen atoms in total. The second-order valence-electron chi connectivity index (χ2n) is 3.30. The Kier molecular flexibility index (Phi) is 4.49. The van der Waals surface area contributed by atoms with Crippen LogP contribution in [-0.4, -0.2) is 24.5 Å². The minimum absolute atomic E-state index is 0.0385. The number of dihydropyridines is 1. The first-order valence-electron chi connectivity index (χ1n) is 4.76. The van der Waals surface area contributed by atoms with E-state index >= 15 is 0 Å². The van der Waals surface area contributed by atoms with Crippen molar-refractivity contribution >= 4 is 17.7 Å². The molecule has 0 atom stereocenters. The summed E-state index contributed by atoms with van der Waals surface area (Å²) in [7, 11) is 0. The molecule has 0 aliphatic carbocycles. The van der Waals surface area contributed by atoms with E-state index < -0.39 is 0 Å². The molecule has 4 heteroatoms. The van der Waals surface area contributed by atoms with Crippen LogP contribution in [0.5, 0.6) is 0 Å². The summed E-state index contributed by atoms with van der Waals surface area (Å²) in [6.07, 6.45) is 5.54. The van der Waals surface area contributed by atoms with Gasteiger partial charge in [-0.3, -0.25) is 4.79 Å². The summed E-state index contributed by atoms with van der Waals surface area (Å²) in [4.78, 5) is 11.6. The third-order valence-electron chi connectivity index (χ3n) is 2.10. The summed E-state index contributed by atoms with van der Waals surface area (Å²) in [5, 5.41) is 5.81. The van der Waals surface area contributed by atoms with E-state index in [1.807, 2.05) is 19.3 Å². The maximum Gasteiger partial charge on any atom is 0.252 e. The molecule has 1 aliphatic heterocycles. The van der Waals surface area contributed by atoms with Gasteiger partial charge in [0, 0.05) is 24.2 Å². The molecule has 0 radical (unpaired) electrons. The Morgan fingerprint density at radius 2 is 2.40 bits per heavy atom. The zero-order valence-electron chi connectivity index (χ0n) is 9.09. The van der Waals surface area contributed by atoms with E-state index in [0.717, 1.165) is 17.0 Å². The van der Waals surface area contributed by atoms with Crippen LogP contribution in [0.4, 0.5) is 0 Å². The summed E-state index contributed by atoms with van der Waals surface area (Å²) < 4.78 is 0. The van der Waals surface area contributed by atoms with Crippen LogP contribution in [0.3, 0.4) is 0 Å². The highest BCUT2D eigenvalue weighted by atomic mass is 32.2. The maximum atomic E-state index is 11.6. The van der Waals surface area contributed by atoms with Gasteiger partial charge in [-0.15, -0.1) is 0 Å². The van der Waals surface area contributed by atoms with Crippen molar-refractivity contribution in [1.29, 1.82) is 0 Å². The summed E-state index contributed by atoms with van der Waals surface area (Å²) in [6, 6.07) is 0. The number of hydrogen-bond acceptors (Lipinski definition) is 3. The van der Waals surface area contributed by atoms with E-state index in [2.05, 4.69) is 17.2 Å². The molecule has 15 heavy (non-hydrogen) atoms. The lowest BCUT2D eigenvalue weighted by Gasteiger charge is -2.14. The standard InChI is InChI=1S/C11H16N2OS/c1-8-6-10(7-13-9(8)2)11(14)12-4-5-15-3/h6-7,13H,2,4-5H2,1,3H3,(H,12,14). The number of carbonyl (C=O) groups excluding carboxylic acids is 1. The van der Waals surface area contributed by atoms with Crippen LogP contribution < -0.4 is 10.6 Å². The molecular weight excluding hydrogens is 208 g/mol. The zero-order valence-corrected chi connectivity index (χ0v) is 9.91. The van der Waals surface area contributed by atoms with Gasteiger partial charge in [0.05, 0.1) is 5.57 Å². The largest absolute Gasteiger partial charge is 0.361 e. The van der Waals surface area contributed by atoms with Crippen LogP contribution in [-0.2, 0) is 4.79 Å². The molecule has 0 unspecified atom stereocenters. The zero-order chi connectivity index (χ0) is 11.3. The first kappa shape index (κ1) is 11.9. The first-order chi connectivity index (χ1) is 7.15. The highest BCUT2D eigenvalue weighted by Gasteiger charge is 2.11. The number of hydrogen-bond donors (Lipinski definition) is 2. The van der Waals surface area contributed by atoms with E-state index in [-0.39, 0.29) is 5.91 Å². The lowest BCUT2D eigenvalue weighted by molar-refractivity contribution is -0.117. The number of rotatable bonds is 4. The Labute approximate surface area is 94.7 Å². The van der Waals surface area contributed by atoms with Crippen LogP contribution in [0, 0.1) is 0 Å². The first-order valence-corrected chi connectivity index (χ1v) is 6.16. The Hall–Kier alpha value is -1.16. The molecule has 0 spiro atoms. The minimum Gasteiger partial charge on any atom is -0.361 e. The second-order valence-corrected chi connectivity index (χ2v) is 4.28. The van der Waals surface area contributed by atoms with E-state index in [0.29, 0.717) is 12.1 Å². The van der Waals surface area contributed by atoms with E-state index in [1.165, 1.54) is 0 Å². The third kappa shape index (κ3) is 3.47. The fourth-order valence-electron chi connectivity index (χ4n) is 1.14. The van der Waals surface area contributed by atoms with Crippen LogP contribution in [0.1, 0.15) is 6.92 Å². The van der Waals surface area contributed by atoms with Gasteiger partial charge in [-0.1, -0.05) is 6.58 Å². The van der Waals surface area contributed by atoms with Crippen molar-refractivity contribution < 1.29 is 4.79 Å². The summed E-state index contributed by atoms with van der Waals surface area (Å²) in [6.45, 7) is 6.43. The fourth-order valence-corrected chi connectivity index (χ4v) is 1.45. The predicted molar refractivity (Wildman–Crippen MR) is 65.5 cm³/mol. The second kappa shape index (κ2) is 5.66. The molecule has 0 aromatic rings. The lowest BCUT2D eigenvalue weighted by atomic mass is 10.1. The SMILES string of the molecule is C=C1NC=C(C(=O)NCCSC)C=C1C. The van der Waals surface area contributed by atoms with Crippen LogP contribution in [0.15, 0.2) is 35.7 Å². The molecule has 0 aromatic carbocycles. The Bertz CT molecular complexity index is 331. The van der Waals surface area contributed by atoms with E-state index in [9.17, 15) is 4.79 Å². The van der Waals surface area contributed by atoms with Crippen molar-refractivity contribution in [3.63, 3.8) is 0 Å². The number of nitrogens with one attached hydrogen (secondary N) is 2. The maximum absolute atomic E-state index is 11.6. The summed E-state index contributed by atoms with van der Waals surface area (Å²) in [5.74, 6) is 0.894. The Balaban J connectivity index is 2.51. The minimum atomic E-state index is -0.0385. The van der Waals surface area contributed by atoms with Crippen molar-refractivity contribution in [3.8, 4) is 0 Å². The molecule has 1 amide bonds. The molecule has 0 bridgehead atoms. The van der Waals surface area contributed by atoms with Gasteiger partial charge >= 0.3 is 0 Å². The predicted octanol–water partition coefficient (Wildman–Crippen LogP) is 1.41. The highest BCUT2D eigenvalue weighted by Crippen LogP contribution is 2.13. The van der Waals surface area contributed by atoms with Crippen LogP contribution in [0.2, 0.25) is 0 Å². The lowest BCUT2D eigenvalue weighted by Crippen LogP contribution is -2.28. The van der Waals surface area contributed by atoms with Gasteiger partial charge in [0.15, 0.2) is 0 Å². The number of amides is 1. The van der Waals surface area contributed by atoms with E-state index in [1.54, 1.807) is 18.0 Å². The molecule has 1 aliphatic rings. The average Bonchev–Trinajstić information content (AvgIpc) is 2.22. The molecule has 82 valence electrons. The Morgan fingerprint density at radius 1 is 1.67 bits per heavy atom. The topological polar surface area (TPSA) is 41.1 Å². The molecule has 0 aromatic heterocycles. The number of thioether (sulfide) groups is 1. The van der Waals surface area contributed by atoms with Crippen molar-refractivity contribution in [3.05, 3.63) is 35.7 Å². The molecule has 1 rings (SSSR count). The quantitative estimate of drug-likeness (QED) is 0.709. The number of carbonyl (C=O) groups is 1. The van der Waals surface area contributed by atoms with Crippen molar-refractivity contribution in [1.82, 2.24) is 10.6 Å². The van der Waals surface area contributed by atoms with Crippen molar-refractivity contribution in [2.45, 2.75) is 6.92 Å². The summed E-state index contributed by atoms with van der Waals surface area (Å²) in [5.41, 5.74) is 2.49.